The Labute approximate surface area is 116 Å². The van der Waals surface area contributed by atoms with Crippen LogP contribution in [0.1, 0.15) is 28.7 Å². The van der Waals surface area contributed by atoms with Crippen LogP contribution >= 0.6 is 0 Å². The Morgan fingerprint density at radius 1 is 1.35 bits per heavy atom. The first-order valence-electron chi connectivity index (χ1n) is 6.22. The van der Waals surface area contributed by atoms with Crippen LogP contribution in [0.15, 0.2) is 22.9 Å². The molecule has 7 heteroatoms. The van der Waals surface area contributed by atoms with E-state index in [0.717, 1.165) is 17.7 Å². The van der Waals surface area contributed by atoms with Gasteiger partial charge in [-0.2, -0.15) is 0 Å². The highest BCUT2D eigenvalue weighted by Crippen LogP contribution is 2.12. The standard InChI is InChI=1S/C13H16N4O3/c1-4-10-9(8-20-16-10)7-19-12-6-5-11(14-15-12)13(18)17(2)3/h5-6,8H,4,7H2,1-3H3. The van der Waals surface area contributed by atoms with Crippen molar-refractivity contribution in [3.8, 4) is 5.88 Å². The molecular formula is C13H16N4O3. The summed E-state index contributed by atoms with van der Waals surface area (Å²) < 4.78 is 10.4. The Kier molecular flexibility index (Phi) is 4.29. The average Bonchev–Trinajstić information content (AvgIpc) is 2.92. The number of carbonyl (C=O) groups is 1. The van der Waals surface area contributed by atoms with Gasteiger partial charge in [-0.3, -0.25) is 4.79 Å². The normalized spacial score (nSPS) is 10.3. The number of ether oxygens (including phenoxy) is 1. The fourth-order valence-electron chi connectivity index (χ4n) is 1.58. The summed E-state index contributed by atoms with van der Waals surface area (Å²) in [6, 6.07) is 3.20. The summed E-state index contributed by atoms with van der Waals surface area (Å²) in [6.07, 6.45) is 2.33. The molecule has 1 amide bonds. The maximum Gasteiger partial charge on any atom is 0.273 e. The van der Waals surface area contributed by atoms with Crippen molar-refractivity contribution in [1.29, 1.82) is 0 Å². The third-order valence-electron chi connectivity index (χ3n) is 2.70. The van der Waals surface area contributed by atoms with Crippen LogP contribution in [0.5, 0.6) is 5.88 Å². The van der Waals surface area contributed by atoms with Gasteiger partial charge in [-0.1, -0.05) is 12.1 Å². The highest BCUT2D eigenvalue weighted by molar-refractivity contribution is 5.91. The molecule has 0 fully saturated rings. The molecule has 2 aromatic rings. The Morgan fingerprint density at radius 2 is 2.15 bits per heavy atom. The highest BCUT2D eigenvalue weighted by Gasteiger charge is 2.11. The molecule has 20 heavy (non-hydrogen) atoms. The lowest BCUT2D eigenvalue weighted by Crippen LogP contribution is -2.23. The summed E-state index contributed by atoms with van der Waals surface area (Å²) in [5, 5.41) is 11.6. The van der Waals surface area contributed by atoms with Gasteiger partial charge in [0.1, 0.15) is 12.9 Å². The first-order valence-corrected chi connectivity index (χ1v) is 6.22. The van der Waals surface area contributed by atoms with Crippen LogP contribution in [0.2, 0.25) is 0 Å². The molecule has 2 heterocycles. The molecular weight excluding hydrogens is 260 g/mol. The molecule has 0 radical (unpaired) electrons. The highest BCUT2D eigenvalue weighted by atomic mass is 16.5. The molecule has 0 saturated carbocycles. The number of hydrogen-bond donors (Lipinski definition) is 0. The number of nitrogens with zero attached hydrogens (tertiary/aromatic N) is 4. The molecule has 0 bridgehead atoms. The molecule has 0 N–H and O–H groups in total. The van der Waals surface area contributed by atoms with Gasteiger partial charge in [-0.25, -0.2) is 0 Å². The zero-order valence-corrected chi connectivity index (χ0v) is 11.7. The van der Waals surface area contributed by atoms with E-state index in [1.54, 1.807) is 32.5 Å². The van der Waals surface area contributed by atoms with E-state index in [1.807, 2.05) is 6.92 Å². The number of amides is 1. The monoisotopic (exact) mass is 276 g/mol. The summed E-state index contributed by atoms with van der Waals surface area (Å²) >= 11 is 0. The fraction of sp³-hybridized carbons (Fsp3) is 0.385. The molecule has 106 valence electrons. The number of aromatic nitrogens is 3. The van der Waals surface area contributed by atoms with Crippen LogP contribution in [0, 0.1) is 0 Å². The van der Waals surface area contributed by atoms with Crippen molar-refractivity contribution in [2.45, 2.75) is 20.0 Å². The minimum absolute atomic E-state index is 0.198. The molecule has 0 spiro atoms. The average molecular weight is 276 g/mol. The van der Waals surface area contributed by atoms with Crippen LogP contribution < -0.4 is 4.74 Å². The number of carbonyl (C=O) groups excluding carboxylic acids is 1. The first-order chi connectivity index (χ1) is 9.61. The summed E-state index contributed by atoms with van der Waals surface area (Å²) in [7, 11) is 3.32. The van der Waals surface area contributed by atoms with E-state index in [1.165, 1.54) is 4.90 Å². The number of aryl methyl sites for hydroxylation is 1. The minimum atomic E-state index is -0.198. The second kappa shape index (κ2) is 6.14. The van der Waals surface area contributed by atoms with Crippen molar-refractivity contribution in [2.75, 3.05) is 14.1 Å². The quantitative estimate of drug-likeness (QED) is 0.819. The zero-order chi connectivity index (χ0) is 14.5. The predicted octanol–water partition coefficient (Wildman–Crippen LogP) is 1.31. The summed E-state index contributed by atoms with van der Waals surface area (Å²) in [5.74, 6) is 0.153. The summed E-state index contributed by atoms with van der Waals surface area (Å²) in [5.41, 5.74) is 2.02. The summed E-state index contributed by atoms with van der Waals surface area (Å²) in [4.78, 5) is 13.1. The SMILES string of the molecule is CCc1nocc1COc1ccc(C(=O)N(C)C)nn1. The van der Waals surface area contributed by atoms with Crippen LogP contribution in [0.3, 0.4) is 0 Å². The molecule has 0 atom stereocenters. The number of hydrogen-bond acceptors (Lipinski definition) is 6. The Morgan fingerprint density at radius 3 is 2.75 bits per heavy atom. The maximum atomic E-state index is 11.6. The van der Waals surface area contributed by atoms with Gasteiger partial charge < -0.3 is 14.2 Å². The summed E-state index contributed by atoms with van der Waals surface area (Å²) in [6.45, 7) is 2.30. The molecule has 0 aliphatic rings. The van der Waals surface area contributed by atoms with Crippen LogP contribution in [-0.2, 0) is 13.0 Å². The zero-order valence-electron chi connectivity index (χ0n) is 11.7. The third-order valence-corrected chi connectivity index (χ3v) is 2.70. The maximum absolute atomic E-state index is 11.6. The van der Waals surface area contributed by atoms with Gasteiger partial charge in [0.05, 0.1) is 11.3 Å². The Hall–Kier alpha value is -2.44. The van der Waals surface area contributed by atoms with Gasteiger partial charge in [0, 0.05) is 20.2 Å². The lowest BCUT2D eigenvalue weighted by atomic mass is 10.2. The fourth-order valence-corrected chi connectivity index (χ4v) is 1.58. The Bertz CT molecular complexity index is 578. The van der Waals surface area contributed by atoms with Crippen LogP contribution in [0.25, 0.3) is 0 Å². The molecule has 2 rings (SSSR count). The van der Waals surface area contributed by atoms with Gasteiger partial charge in [-0.05, 0) is 12.5 Å². The van der Waals surface area contributed by atoms with E-state index in [-0.39, 0.29) is 11.6 Å². The third kappa shape index (κ3) is 3.11. The number of rotatable bonds is 5. The molecule has 0 aromatic carbocycles. The van der Waals surface area contributed by atoms with E-state index >= 15 is 0 Å². The van der Waals surface area contributed by atoms with Gasteiger partial charge >= 0.3 is 0 Å². The Balaban J connectivity index is 1.99. The second-order valence-electron chi connectivity index (χ2n) is 4.39. The second-order valence-corrected chi connectivity index (χ2v) is 4.39. The van der Waals surface area contributed by atoms with Gasteiger partial charge in [0.2, 0.25) is 5.88 Å². The largest absolute Gasteiger partial charge is 0.472 e. The van der Waals surface area contributed by atoms with E-state index < -0.39 is 0 Å². The van der Waals surface area contributed by atoms with E-state index in [4.69, 9.17) is 9.26 Å². The molecule has 0 saturated heterocycles. The van der Waals surface area contributed by atoms with E-state index in [2.05, 4.69) is 15.4 Å². The van der Waals surface area contributed by atoms with Gasteiger partial charge in [0.25, 0.3) is 5.91 Å². The lowest BCUT2D eigenvalue weighted by molar-refractivity contribution is 0.0820. The minimum Gasteiger partial charge on any atom is -0.472 e. The topological polar surface area (TPSA) is 81.4 Å². The molecule has 0 unspecified atom stereocenters. The molecule has 7 nitrogen and oxygen atoms in total. The molecule has 0 aliphatic carbocycles. The van der Waals surface area contributed by atoms with Crippen LogP contribution in [-0.4, -0.2) is 40.3 Å². The molecule has 0 aliphatic heterocycles. The van der Waals surface area contributed by atoms with E-state index in [9.17, 15) is 4.79 Å². The van der Waals surface area contributed by atoms with Crippen molar-refractivity contribution < 1.29 is 14.1 Å². The van der Waals surface area contributed by atoms with Crippen molar-refractivity contribution in [3.05, 3.63) is 35.3 Å². The predicted molar refractivity (Wildman–Crippen MR) is 70.3 cm³/mol. The van der Waals surface area contributed by atoms with Crippen molar-refractivity contribution in [3.63, 3.8) is 0 Å². The van der Waals surface area contributed by atoms with Crippen molar-refractivity contribution in [2.24, 2.45) is 0 Å². The van der Waals surface area contributed by atoms with Gasteiger partial charge in [-0.15, -0.1) is 10.2 Å². The van der Waals surface area contributed by atoms with Crippen molar-refractivity contribution in [1.82, 2.24) is 20.3 Å². The van der Waals surface area contributed by atoms with Gasteiger partial charge in [0.15, 0.2) is 5.69 Å². The first kappa shape index (κ1) is 14.0. The molecule has 2 aromatic heterocycles. The lowest BCUT2D eigenvalue weighted by Gasteiger charge is -2.09. The smallest absolute Gasteiger partial charge is 0.273 e. The van der Waals surface area contributed by atoms with Crippen LogP contribution in [0.4, 0.5) is 0 Å². The van der Waals surface area contributed by atoms with Crippen molar-refractivity contribution >= 4 is 5.91 Å². The van der Waals surface area contributed by atoms with E-state index in [0.29, 0.717) is 12.5 Å².